The highest BCUT2D eigenvalue weighted by molar-refractivity contribution is 5.48. The molecule has 0 aromatic heterocycles. The first-order chi connectivity index (χ1) is 18.8. The molecule has 3 nitrogen and oxygen atoms in total. The van der Waals surface area contributed by atoms with Gasteiger partial charge >= 0.3 is 0 Å². The summed E-state index contributed by atoms with van der Waals surface area (Å²) in [5, 5.41) is 9.15. The van der Waals surface area contributed by atoms with E-state index in [1.54, 1.807) is 0 Å². The third kappa shape index (κ3) is 5.63. The number of aliphatic hydroxyl groups is 1. The minimum atomic E-state index is 0.280. The normalized spacial score (nSPS) is 21.9. The highest BCUT2D eigenvalue weighted by atomic mass is 16.5. The fraction of sp³-hybridized carbons (Fsp3) is 0.314. The van der Waals surface area contributed by atoms with E-state index in [2.05, 4.69) is 97.1 Å². The molecule has 0 radical (unpaired) electrons. The Morgan fingerprint density at radius 3 is 2.21 bits per heavy atom. The van der Waals surface area contributed by atoms with Gasteiger partial charge in [0.15, 0.2) is 0 Å². The summed E-state index contributed by atoms with van der Waals surface area (Å²) in [7, 11) is 0. The molecule has 2 aliphatic carbocycles. The van der Waals surface area contributed by atoms with Gasteiger partial charge in [0.2, 0.25) is 0 Å². The highest BCUT2D eigenvalue weighted by Gasteiger charge is 2.37. The van der Waals surface area contributed by atoms with Gasteiger partial charge in [0.05, 0.1) is 6.61 Å². The quantitative estimate of drug-likeness (QED) is 0.243. The number of fused-ring (bicyclic) bond motifs is 1. The average Bonchev–Trinajstić information content (AvgIpc) is 3.73. The molecule has 2 aliphatic rings. The lowest BCUT2D eigenvalue weighted by Gasteiger charge is -2.35. The van der Waals surface area contributed by atoms with E-state index in [9.17, 15) is 0 Å². The maximum absolute atomic E-state index is 9.15. The van der Waals surface area contributed by atoms with E-state index in [4.69, 9.17) is 14.6 Å². The smallest absolute Gasteiger partial charge is 0.120 e. The van der Waals surface area contributed by atoms with Gasteiger partial charge in [-0.1, -0.05) is 78.9 Å². The monoisotopic (exact) mass is 504 g/mol. The molecule has 6 rings (SSSR count). The first kappa shape index (κ1) is 24.8. The summed E-state index contributed by atoms with van der Waals surface area (Å²) < 4.78 is 12.3. The molecule has 4 atom stereocenters. The topological polar surface area (TPSA) is 38.7 Å². The molecule has 4 aromatic carbocycles. The Bertz CT molecular complexity index is 1320. The van der Waals surface area contributed by atoms with Crippen LogP contribution in [0.3, 0.4) is 0 Å². The predicted molar refractivity (Wildman–Crippen MR) is 152 cm³/mol. The standard InChI is InChI=1S/C35H36O3/c36-20-19-28-21-30(28)24-38-31-14-11-27(12-15-31)35-33(26-9-5-2-6-10-26)17-13-29-22-32(16-18-34(29)35)37-23-25-7-3-1-4-8-25/h1-12,14-16,18,22,28,30,33,35-36H,13,17,19-21,23-24H2/t28-,30+,33+,35-/m0/s1. The molecule has 38 heavy (non-hydrogen) atoms. The third-order valence-corrected chi connectivity index (χ3v) is 8.32. The highest BCUT2D eigenvalue weighted by Crippen LogP contribution is 2.47. The first-order valence-electron chi connectivity index (χ1n) is 14.0. The Morgan fingerprint density at radius 1 is 0.711 bits per heavy atom. The van der Waals surface area contributed by atoms with Crippen LogP contribution in [0.5, 0.6) is 11.5 Å². The number of benzene rings is 4. The molecule has 0 heterocycles. The number of aryl methyl sites for hydroxylation is 1. The van der Waals surface area contributed by atoms with Crippen LogP contribution < -0.4 is 9.47 Å². The zero-order valence-corrected chi connectivity index (χ0v) is 21.8. The van der Waals surface area contributed by atoms with Crippen molar-refractivity contribution >= 4 is 0 Å². The number of aliphatic hydroxyl groups excluding tert-OH is 1. The van der Waals surface area contributed by atoms with Gasteiger partial charge in [-0.2, -0.15) is 0 Å². The van der Waals surface area contributed by atoms with Crippen LogP contribution in [-0.4, -0.2) is 18.3 Å². The molecule has 1 fully saturated rings. The van der Waals surface area contributed by atoms with Gasteiger partial charge < -0.3 is 14.6 Å². The van der Waals surface area contributed by atoms with Gasteiger partial charge in [-0.3, -0.25) is 0 Å². The van der Waals surface area contributed by atoms with Crippen LogP contribution in [0.1, 0.15) is 58.9 Å². The molecule has 4 aromatic rings. The average molecular weight is 505 g/mol. The lowest BCUT2D eigenvalue weighted by atomic mass is 9.69. The van der Waals surface area contributed by atoms with E-state index in [0.29, 0.717) is 24.4 Å². The van der Waals surface area contributed by atoms with Crippen LogP contribution in [0.2, 0.25) is 0 Å². The lowest BCUT2D eigenvalue weighted by Crippen LogP contribution is -2.20. The van der Waals surface area contributed by atoms with Crippen molar-refractivity contribution in [3.8, 4) is 11.5 Å². The Labute approximate surface area is 226 Å². The fourth-order valence-corrected chi connectivity index (χ4v) is 6.11. The van der Waals surface area contributed by atoms with Crippen LogP contribution in [-0.2, 0) is 13.0 Å². The van der Waals surface area contributed by atoms with E-state index in [0.717, 1.165) is 37.4 Å². The molecule has 194 valence electrons. The molecule has 0 unspecified atom stereocenters. The van der Waals surface area contributed by atoms with Crippen molar-refractivity contribution in [1.82, 2.24) is 0 Å². The Kier molecular flexibility index (Phi) is 7.46. The molecule has 0 saturated heterocycles. The SMILES string of the molecule is OCC[C@H]1C[C@@H]1COc1ccc([C@@H]2c3ccc(OCc4ccccc4)cc3CC[C@@H]2c2ccccc2)cc1. The van der Waals surface area contributed by atoms with Crippen molar-refractivity contribution in [2.24, 2.45) is 11.8 Å². The van der Waals surface area contributed by atoms with Gasteiger partial charge in [0.25, 0.3) is 0 Å². The molecule has 1 N–H and O–H groups in total. The summed E-state index contributed by atoms with van der Waals surface area (Å²) >= 11 is 0. The van der Waals surface area contributed by atoms with E-state index in [1.807, 2.05) is 6.07 Å². The predicted octanol–water partition coefficient (Wildman–Crippen LogP) is 7.52. The summed E-state index contributed by atoms with van der Waals surface area (Å²) in [6, 6.07) is 36.7. The molecular formula is C35H36O3. The molecule has 0 amide bonds. The Balaban J connectivity index is 1.22. The molecule has 0 bridgehead atoms. The summed E-state index contributed by atoms with van der Waals surface area (Å²) in [4.78, 5) is 0. The fourth-order valence-electron chi connectivity index (χ4n) is 6.11. The number of rotatable bonds is 10. The maximum Gasteiger partial charge on any atom is 0.120 e. The molecule has 0 aliphatic heterocycles. The molecular weight excluding hydrogens is 468 g/mol. The summed E-state index contributed by atoms with van der Waals surface area (Å²) in [6.07, 6.45) is 4.22. The van der Waals surface area contributed by atoms with Crippen molar-refractivity contribution in [1.29, 1.82) is 0 Å². The first-order valence-corrected chi connectivity index (χ1v) is 14.0. The van der Waals surface area contributed by atoms with Gasteiger partial charge in [-0.25, -0.2) is 0 Å². The number of hydrogen-bond donors (Lipinski definition) is 1. The van der Waals surface area contributed by atoms with Gasteiger partial charge in [0, 0.05) is 12.5 Å². The van der Waals surface area contributed by atoms with E-state index in [1.165, 1.54) is 34.2 Å². The van der Waals surface area contributed by atoms with Crippen molar-refractivity contribution in [2.45, 2.75) is 44.1 Å². The van der Waals surface area contributed by atoms with Crippen molar-refractivity contribution in [3.05, 3.63) is 131 Å². The van der Waals surface area contributed by atoms with Gasteiger partial charge in [-0.15, -0.1) is 0 Å². The third-order valence-electron chi connectivity index (χ3n) is 8.32. The zero-order chi connectivity index (χ0) is 25.7. The minimum Gasteiger partial charge on any atom is -0.493 e. The Hall–Kier alpha value is -3.56. The van der Waals surface area contributed by atoms with Crippen LogP contribution in [0.15, 0.2) is 103 Å². The van der Waals surface area contributed by atoms with E-state index < -0.39 is 0 Å². The lowest BCUT2D eigenvalue weighted by molar-refractivity contribution is 0.259. The second-order valence-electron chi connectivity index (χ2n) is 10.8. The van der Waals surface area contributed by atoms with Crippen LogP contribution in [0.4, 0.5) is 0 Å². The van der Waals surface area contributed by atoms with Crippen LogP contribution in [0.25, 0.3) is 0 Å². The zero-order valence-electron chi connectivity index (χ0n) is 21.8. The summed E-state index contributed by atoms with van der Waals surface area (Å²) in [6.45, 7) is 1.61. The molecule has 3 heteroatoms. The second kappa shape index (κ2) is 11.4. The molecule has 0 spiro atoms. The molecule has 1 saturated carbocycles. The maximum atomic E-state index is 9.15. The largest absolute Gasteiger partial charge is 0.493 e. The van der Waals surface area contributed by atoms with Crippen molar-refractivity contribution < 1.29 is 14.6 Å². The van der Waals surface area contributed by atoms with Gasteiger partial charge in [0.1, 0.15) is 18.1 Å². The van der Waals surface area contributed by atoms with Crippen LogP contribution >= 0.6 is 0 Å². The van der Waals surface area contributed by atoms with Crippen molar-refractivity contribution in [3.63, 3.8) is 0 Å². The number of hydrogen-bond acceptors (Lipinski definition) is 3. The van der Waals surface area contributed by atoms with E-state index >= 15 is 0 Å². The van der Waals surface area contributed by atoms with Gasteiger partial charge in [-0.05, 0) is 95.5 Å². The number of ether oxygens (including phenoxy) is 2. The summed E-state index contributed by atoms with van der Waals surface area (Å²) in [5.41, 5.74) is 6.69. The Morgan fingerprint density at radius 2 is 1.45 bits per heavy atom. The second-order valence-corrected chi connectivity index (χ2v) is 10.8. The van der Waals surface area contributed by atoms with E-state index in [-0.39, 0.29) is 12.5 Å². The van der Waals surface area contributed by atoms with Crippen LogP contribution in [0, 0.1) is 11.8 Å². The van der Waals surface area contributed by atoms with Crippen molar-refractivity contribution in [2.75, 3.05) is 13.2 Å². The minimum absolute atomic E-state index is 0.280. The summed E-state index contributed by atoms with van der Waals surface area (Å²) in [5.74, 6) is 3.81.